The van der Waals surface area contributed by atoms with E-state index in [0.717, 1.165) is 13.2 Å². The van der Waals surface area contributed by atoms with Crippen molar-refractivity contribution in [3.05, 3.63) is 35.4 Å². The van der Waals surface area contributed by atoms with E-state index < -0.39 is 17.8 Å². The topological polar surface area (TPSA) is 93.3 Å². The first-order chi connectivity index (χ1) is 10.5. The zero-order valence-corrected chi connectivity index (χ0v) is 12.2. The molecule has 0 saturated carbocycles. The largest absolute Gasteiger partial charge is 0.466 e. The van der Waals surface area contributed by atoms with Crippen LogP contribution in [-0.2, 0) is 19.1 Å². The maximum Gasteiger partial charge on any atom is 0.354 e. The monoisotopic (exact) mass is 307 g/mol. The van der Waals surface area contributed by atoms with Crippen LogP contribution in [0, 0.1) is 12.7 Å². The van der Waals surface area contributed by atoms with Crippen LogP contribution in [0.25, 0.3) is 10.9 Å². The maximum absolute atomic E-state index is 14.1. The molecule has 8 heteroatoms. The normalized spacial score (nSPS) is 11.4. The van der Waals surface area contributed by atoms with E-state index in [2.05, 4.69) is 25.0 Å². The number of aromatic nitrogens is 2. The first-order valence-corrected chi connectivity index (χ1v) is 6.25. The standard InChI is InChI=1S/C14H14FN3O4/c1-7-13-9(15)4-8(5-10(13)18-17-7)16-11(14(20)22-3)6-12(19)21-2/h4-6,16H,1-3H3,(H,17,18)/b11-6+. The SMILES string of the molecule is COC(=O)/C=C(/Nc1cc(F)c2c(C)[nH]nc2c1)C(=O)OC. The second-order valence-corrected chi connectivity index (χ2v) is 4.40. The minimum Gasteiger partial charge on any atom is -0.466 e. The first-order valence-electron chi connectivity index (χ1n) is 6.25. The van der Waals surface area contributed by atoms with Crippen LogP contribution in [0.1, 0.15) is 5.69 Å². The molecule has 2 aromatic rings. The number of H-pyrrole nitrogens is 1. The van der Waals surface area contributed by atoms with Crippen LogP contribution in [0.15, 0.2) is 23.9 Å². The average Bonchev–Trinajstić information content (AvgIpc) is 2.87. The number of rotatable bonds is 4. The summed E-state index contributed by atoms with van der Waals surface area (Å²) in [6.45, 7) is 1.70. The minimum atomic E-state index is -0.788. The van der Waals surface area contributed by atoms with Gasteiger partial charge in [-0.3, -0.25) is 5.10 Å². The van der Waals surface area contributed by atoms with Gasteiger partial charge in [-0.1, -0.05) is 0 Å². The number of nitrogens with one attached hydrogen (secondary N) is 2. The third-order valence-corrected chi connectivity index (χ3v) is 2.94. The summed E-state index contributed by atoms with van der Waals surface area (Å²) in [6.07, 6.45) is 0.920. The molecule has 0 aliphatic rings. The van der Waals surface area contributed by atoms with Crippen molar-refractivity contribution in [2.75, 3.05) is 19.5 Å². The summed E-state index contributed by atoms with van der Waals surface area (Å²) < 4.78 is 23.1. The lowest BCUT2D eigenvalue weighted by Gasteiger charge is -2.09. The predicted octanol–water partition coefficient (Wildman–Crippen LogP) is 1.65. The molecule has 0 aliphatic heterocycles. The maximum atomic E-state index is 14.1. The fourth-order valence-corrected chi connectivity index (χ4v) is 1.91. The van der Waals surface area contributed by atoms with Crippen molar-refractivity contribution in [2.24, 2.45) is 0 Å². The lowest BCUT2D eigenvalue weighted by molar-refractivity contribution is -0.138. The van der Waals surface area contributed by atoms with E-state index in [1.54, 1.807) is 6.92 Å². The Morgan fingerprint density at radius 2 is 2.05 bits per heavy atom. The summed E-state index contributed by atoms with van der Waals surface area (Å²) in [5, 5.41) is 9.62. The van der Waals surface area contributed by atoms with Gasteiger partial charge in [0.1, 0.15) is 11.5 Å². The number of carbonyl (C=O) groups excluding carboxylic acids is 2. The number of benzene rings is 1. The van der Waals surface area contributed by atoms with Crippen LogP contribution in [0.5, 0.6) is 0 Å². The molecule has 0 unspecified atom stereocenters. The fraction of sp³-hybridized carbons (Fsp3) is 0.214. The van der Waals surface area contributed by atoms with Crippen molar-refractivity contribution < 1.29 is 23.5 Å². The number of halogens is 1. The van der Waals surface area contributed by atoms with Gasteiger partial charge in [0.05, 0.1) is 31.2 Å². The average molecular weight is 307 g/mol. The molecule has 0 radical (unpaired) electrons. The van der Waals surface area contributed by atoms with Gasteiger partial charge in [0.2, 0.25) is 0 Å². The highest BCUT2D eigenvalue weighted by atomic mass is 19.1. The van der Waals surface area contributed by atoms with Crippen molar-refractivity contribution in [2.45, 2.75) is 6.92 Å². The number of hydrogen-bond acceptors (Lipinski definition) is 6. The molecule has 0 bridgehead atoms. The molecule has 2 N–H and O–H groups in total. The molecular formula is C14H14FN3O4. The van der Waals surface area contributed by atoms with Gasteiger partial charge in [-0.15, -0.1) is 0 Å². The second kappa shape index (κ2) is 6.25. The van der Waals surface area contributed by atoms with Crippen LogP contribution < -0.4 is 5.32 Å². The summed E-state index contributed by atoms with van der Waals surface area (Å²) in [6, 6.07) is 2.73. The minimum absolute atomic E-state index is 0.180. The summed E-state index contributed by atoms with van der Waals surface area (Å²) >= 11 is 0. The van der Waals surface area contributed by atoms with Gasteiger partial charge in [0, 0.05) is 11.4 Å². The van der Waals surface area contributed by atoms with Crippen molar-refractivity contribution in [3.63, 3.8) is 0 Å². The van der Waals surface area contributed by atoms with E-state index in [0.29, 0.717) is 16.6 Å². The molecule has 22 heavy (non-hydrogen) atoms. The molecule has 0 fully saturated rings. The Kier molecular flexibility index (Phi) is 4.40. The molecule has 0 aliphatic carbocycles. The molecule has 0 saturated heterocycles. The third-order valence-electron chi connectivity index (χ3n) is 2.94. The number of carbonyl (C=O) groups is 2. The third kappa shape index (κ3) is 3.05. The molecule has 0 amide bonds. The Labute approximate surface area is 125 Å². The predicted molar refractivity (Wildman–Crippen MR) is 76.5 cm³/mol. The van der Waals surface area contributed by atoms with Gasteiger partial charge in [0.15, 0.2) is 0 Å². The summed E-state index contributed by atoms with van der Waals surface area (Å²) in [5.74, 6) is -2.04. The number of methoxy groups -OCH3 is 2. The van der Waals surface area contributed by atoms with Crippen molar-refractivity contribution in [3.8, 4) is 0 Å². The quantitative estimate of drug-likeness (QED) is 0.659. The van der Waals surface area contributed by atoms with Crippen LogP contribution in [0.2, 0.25) is 0 Å². The number of fused-ring (bicyclic) bond motifs is 1. The number of ether oxygens (including phenoxy) is 2. The van der Waals surface area contributed by atoms with Gasteiger partial charge in [0.25, 0.3) is 0 Å². The highest BCUT2D eigenvalue weighted by Gasteiger charge is 2.15. The van der Waals surface area contributed by atoms with Crippen molar-refractivity contribution >= 4 is 28.5 Å². The lowest BCUT2D eigenvalue weighted by atomic mass is 10.2. The summed E-state index contributed by atoms with van der Waals surface area (Å²) in [7, 11) is 2.34. The summed E-state index contributed by atoms with van der Waals surface area (Å²) in [5.41, 5.74) is 1.05. The Hall–Kier alpha value is -2.90. The molecule has 116 valence electrons. The van der Waals surface area contributed by atoms with E-state index in [-0.39, 0.29) is 11.4 Å². The van der Waals surface area contributed by atoms with Crippen LogP contribution in [-0.4, -0.2) is 36.4 Å². The number of anilines is 1. The fourth-order valence-electron chi connectivity index (χ4n) is 1.91. The van der Waals surface area contributed by atoms with Gasteiger partial charge < -0.3 is 14.8 Å². The van der Waals surface area contributed by atoms with Gasteiger partial charge >= 0.3 is 11.9 Å². The zero-order chi connectivity index (χ0) is 16.3. The van der Waals surface area contributed by atoms with Gasteiger partial charge in [-0.05, 0) is 19.1 Å². The van der Waals surface area contributed by atoms with Crippen LogP contribution in [0.4, 0.5) is 10.1 Å². The van der Waals surface area contributed by atoms with Crippen LogP contribution >= 0.6 is 0 Å². The van der Waals surface area contributed by atoms with Crippen molar-refractivity contribution in [1.82, 2.24) is 10.2 Å². The molecule has 7 nitrogen and oxygen atoms in total. The number of nitrogens with zero attached hydrogens (tertiary/aromatic N) is 1. The Balaban J connectivity index is 2.40. The smallest absolute Gasteiger partial charge is 0.354 e. The lowest BCUT2D eigenvalue weighted by Crippen LogP contribution is -2.15. The number of aryl methyl sites for hydroxylation is 1. The van der Waals surface area contributed by atoms with E-state index in [4.69, 9.17) is 0 Å². The number of esters is 2. The highest BCUT2D eigenvalue weighted by Crippen LogP contribution is 2.24. The Bertz CT molecular complexity index is 767. The van der Waals surface area contributed by atoms with Crippen LogP contribution in [0.3, 0.4) is 0 Å². The molecule has 1 aromatic heterocycles. The molecule has 0 spiro atoms. The molecule has 1 aromatic carbocycles. The number of aromatic amines is 1. The Morgan fingerprint density at radius 3 is 2.68 bits per heavy atom. The van der Waals surface area contributed by atoms with E-state index >= 15 is 0 Å². The molecule has 0 atom stereocenters. The van der Waals surface area contributed by atoms with Crippen molar-refractivity contribution in [1.29, 1.82) is 0 Å². The Morgan fingerprint density at radius 1 is 1.32 bits per heavy atom. The van der Waals surface area contributed by atoms with E-state index in [1.807, 2.05) is 0 Å². The van der Waals surface area contributed by atoms with E-state index in [1.165, 1.54) is 19.2 Å². The summed E-state index contributed by atoms with van der Waals surface area (Å²) in [4.78, 5) is 22.9. The number of hydrogen-bond donors (Lipinski definition) is 2. The first kappa shape index (κ1) is 15.5. The van der Waals surface area contributed by atoms with E-state index in [9.17, 15) is 14.0 Å². The molecular weight excluding hydrogens is 293 g/mol. The second-order valence-electron chi connectivity index (χ2n) is 4.40. The van der Waals surface area contributed by atoms with Gasteiger partial charge in [-0.25, -0.2) is 14.0 Å². The highest BCUT2D eigenvalue weighted by molar-refractivity contribution is 5.99. The molecule has 1 heterocycles. The molecule has 2 rings (SSSR count). The zero-order valence-electron chi connectivity index (χ0n) is 12.2. The van der Waals surface area contributed by atoms with Gasteiger partial charge in [-0.2, -0.15) is 5.10 Å².